The van der Waals surface area contributed by atoms with Crippen molar-refractivity contribution < 1.29 is 19.1 Å². The summed E-state index contributed by atoms with van der Waals surface area (Å²) in [6.45, 7) is 2.21. The predicted molar refractivity (Wildman–Crippen MR) is 89.0 cm³/mol. The summed E-state index contributed by atoms with van der Waals surface area (Å²) in [6, 6.07) is 4.89. The molecule has 7 nitrogen and oxygen atoms in total. The van der Waals surface area contributed by atoms with E-state index in [2.05, 4.69) is 10.6 Å². The molecule has 3 amide bonds. The number of piperidine rings is 2. The molecular formula is C18H21N3O4. The van der Waals surface area contributed by atoms with Crippen LogP contribution < -0.4 is 15.4 Å². The number of amides is 3. The molecule has 1 atom stereocenters. The van der Waals surface area contributed by atoms with Crippen molar-refractivity contribution in [1.29, 1.82) is 0 Å². The highest BCUT2D eigenvalue weighted by Crippen LogP contribution is 2.34. The largest absolute Gasteiger partial charge is 0.490 e. The Labute approximate surface area is 145 Å². The van der Waals surface area contributed by atoms with Crippen molar-refractivity contribution in [3.8, 4) is 5.75 Å². The van der Waals surface area contributed by atoms with Crippen LogP contribution in [0.2, 0.25) is 0 Å². The summed E-state index contributed by atoms with van der Waals surface area (Å²) in [5.41, 5.74) is 1.44. The van der Waals surface area contributed by atoms with E-state index in [0.717, 1.165) is 37.2 Å². The topological polar surface area (TPSA) is 87.7 Å². The fraction of sp³-hybridized carbons (Fsp3) is 0.500. The van der Waals surface area contributed by atoms with Crippen LogP contribution in [0.15, 0.2) is 18.2 Å². The summed E-state index contributed by atoms with van der Waals surface area (Å²) in [6.07, 6.45) is 2.65. The second-order valence-electron chi connectivity index (χ2n) is 6.75. The SMILES string of the molecule is O=C1CC[C@@H](N2Cc3c(OC4CCNCC4)cccc3C2=O)C(=O)N1. The molecule has 25 heavy (non-hydrogen) atoms. The van der Waals surface area contributed by atoms with Gasteiger partial charge in [0.15, 0.2) is 0 Å². The zero-order valence-corrected chi connectivity index (χ0v) is 13.9. The molecule has 7 heteroatoms. The molecule has 3 aliphatic heterocycles. The number of imide groups is 1. The van der Waals surface area contributed by atoms with Gasteiger partial charge in [0.1, 0.15) is 17.9 Å². The molecule has 3 heterocycles. The number of hydrogen-bond acceptors (Lipinski definition) is 5. The van der Waals surface area contributed by atoms with Crippen LogP contribution in [0.5, 0.6) is 5.75 Å². The van der Waals surface area contributed by atoms with Crippen LogP contribution >= 0.6 is 0 Å². The lowest BCUT2D eigenvalue weighted by molar-refractivity contribution is -0.136. The van der Waals surface area contributed by atoms with Gasteiger partial charge < -0.3 is 15.0 Å². The van der Waals surface area contributed by atoms with Crippen LogP contribution in [0.25, 0.3) is 0 Å². The van der Waals surface area contributed by atoms with E-state index in [4.69, 9.17) is 4.74 Å². The van der Waals surface area contributed by atoms with Gasteiger partial charge in [-0.25, -0.2) is 0 Å². The zero-order valence-electron chi connectivity index (χ0n) is 13.9. The molecular weight excluding hydrogens is 322 g/mol. The zero-order chi connectivity index (χ0) is 17.4. The maximum atomic E-state index is 12.8. The Bertz CT molecular complexity index is 727. The Morgan fingerprint density at radius 2 is 1.88 bits per heavy atom. The quantitative estimate of drug-likeness (QED) is 0.784. The average molecular weight is 343 g/mol. The van der Waals surface area contributed by atoms with Crippen molar-refractivity contribution in [2.24, 2.45) is 0 Å². The lowest BCUT2D eigenvalue weighted by atomic mass is 10.0. The molecule has 0 unspecified atom stereocenters. The van der Waals surface area contributed by atoms with Crippen LogP contribution in [0.4, 0.5) is 0 Å². The summed E-state index contributed by atoms with van der Waals surface area (Å²) in [4.78, 5) is 37.8. The normalized spacial score (nSPS) is 24.2. The van der Waals surface area contributed by atoms with Gasteiger partial charge in [-0.2, -0.15) is 0 Å². The summed E-state index contributed by atoms with van der Waals surface area (Å²) in [7, 11) is 0. The third kappa shape index (κ3) is 3.00. The van der Waals surface area contributed by atoms with Crippen LogP contribution in [0.3, 0.4) is 0 Å². The maximum Gasteiger partial charge on any atom is 0.255 e. The van der Waals surface area contributed by atoms with Gasteiger partial charge in [-0.3, -0.25) is 19.7 Å². The van der Waals surface area contributed by atoms with E-state index in [-0.39, 0.29) is 24.3 Å². The summed E-state index contributed by atoms with van der Waals surface area (Å²) < 4.78 is 6.15. The molecule has 0 radical (unpaired) electrons. The molecule has 0 aromatic heterocycles. The van der Waals surface area contributed by atoms with Crippen molar-refractivity contribution >= 4 is 17.7 Å². The standard InChI is InChI=1S/C18H21N3O4/c22-16-5-4-14(17(23)20-16)21-10-13-12(18(21)24)2-1-3-15(13)25-11-6-8-19-9-7-11/h1-3,11,14,19H,4-10H2,(H,20,22,23)/t14-/m1/s1. The van der Waals surface area contributed by atoms with Gasteiger partial charge in [0.25, 0.3) is 5.91 Å². The van der Waals surface area contributed by atoms with E-state index in [9.17, 15) is 14.4 Å². The van der Waals surface area contributed by atoms with Crippen molar-refractivity contribution in [1.82, 2.24) is 15.5 Å². The molecule has 2 saturated heterocycles. The minimum atomic E-state index is -0.593. The molecule has 4 rings (SSSR count). The third-order valence-corrected chi connectivity index (χ3v) is 5.12. The molecule has 1 aromatic carbocycles. The van der Waals surface area contributed by atoms with Gasteiger partial charge >= 0.3 is 0 Å². The smallest absolute Gasteiger partial charge is 0.255 e. The molecule has 0 aliphatic carbocycles. The summed E-state index contributed by atoms with van der Waals surface area (Å²) >= 11 is 0. The Kier molecular flexibility index (Phi) is 4.17. The van der Waals surface area contributed by atoms with Crippen LogP contribution in [-0.2, 0) is 16.1 Å². The van der Waals surface area contributed by atoms with Gasteiger partial charge in [0.05, 0.1) is 6.54 Å². The third-order valence-electron chi connectivity index (χ3n) is 5.12. The van der Waals surface area contributed by atoms with Crippen molar-refractivity contribution in [2.75, 3.05) is 13.1 Å². The maximum absolute atomic E-state index is 12.8. The summed E-state index contributed by atoms with van der Waals surface area (Å²) in [5.74, 6) is -0.105. The van der Waals surface area contributed by atoms with Gasteiger partial charge in [-0.15, -0.1) is 0 Å². The van der Waals surface area contributed by atoms with Crippen LogP contribution in [0.1, 0.15) is 41.6 Å². The fourth-order valence-electron chi connectivity index (χ4n) is 3.76. The molecule has 1 aromatic rings. The van der Waals surface area contributed by atoms with Crippen molar-refractivity contribution in [3.05, 3.63) is 29.3 Å². The average Bonchev–Trinajstić information content (AvgIpc) is 2.94. The molecule has 0 bridgehead atoms. The van der Waals surface area contributed by atoms with Gasteiger partial charge in [-0.1, -0.05) is 6.07 Å². The highest BCUT2D eigenvalue weighted by Gasteiger charge is 2.40. The Hall–Kier alpha value is -2.41. The second kappa shape index (κ2) is 6.48. The molecule has 3 aliphatic rings. The predicted octanol–water partition coefficient (Wildman–Crippen LogP) is 0.578. The van der Waals surface area contributed by atoms with Crippen molar-refractivity contribution in [2.45, 2.75) is 44.4 Å². The number of hydrogen-bond donors (Lipinski definition) is 2. The number of nitrogens with zero attached hydrogens (tertiary/aromatic N) is 1. The summed E-state index contributed by atoms with van der Waals surface area (Å²) in [5, 5.41) is 5.63. The first-order chi connectivity index (χ1) is 12.1. The number of benzene rings is 1. The molecule has 2 N–H and O–H groups in total. The highest BCUT2D eigenvalue weighted by atomic mass is 16.5. The number of nitrogens with one attached hydrogen (secondary N) is 2. The fourth-order valence-corrected chi connectivity index (χ4v) is 3.76. The van der Waals surface area contributed by atoms with Crippen molar-refractivity contribution in [3.63, 3.8) is 0 Å². The number of fused-ring (bicyclic) bond motifs is 1. The first kappa shape index (κ1) is 16.1. The lowest BCUT2D eigenvalue weighted by Gasteiger charge is -2.29. The van der Waals surface area contributed by atoms with Gasteiger partial charge in [-0.05, 0) is 44.5 Å². The lowest BCUT2D eigenvalue weighted by Crippen LogP contribution is -2.52. The monoisotopic (exact) mass is 343 g/mol. The Morgan fingerprint density at radius 3 is 2.64 bits per heavy atom. The first-order valence-corrected chi connectivity index (χ1v) is 8.77. The number of carbonyl (C=O) groups is 3. The first-order valence-electron chi connectivity index (χ1n) is 8.77. The Balaban J connectivity index is 1.55. The molecule has 0 spiro atoms. The van der Waals surface area contributed by atoms with Crippen LogP contribution in [-0.4, -0.2) is 47.9 Å². The van der Waals surface area contributed by atoms with E-state index >= 15 is 0 Å². The minimum absolute atomic E-state index is 0.146. The molecule has 2 fully saturated rings. The van der Waals surface area contributed by atoms with E-state index in [0.29, 0.717) is 18.5 Å². The number of ether oxygens (including phenoxy) is 1. The Morgan fingerprint density at radius 1 is 1.08 bits per heavy atom. The van der Waals surface area contributed by atoms with E-state index < -0.39 is 11.9 Å². The van der Waals surface area contributed by atoms with Crippen LogP contribution in [0, 0.1) is 0 Å². The van der Waals surface area contributed by atoms with E-state index in [1.807, 2.05) is 12.1 Å². The second-order valence-corrected chi connectivity index (χ2v) is 6.75. The van der Waals surface area contributed by atoms with E-state index in [1.54, 1.807) is 11.0 Å². The van der Waals surface area contributed by atoms with E-state index in [1.165, 1.54) is 0 Å². The molecule has 0 saturated carbocycles. The van der Waals surface area contributed by atoms with Gasteiger partial charge in [0, 0.05) is 17.5 Å². The number of carbonyl (C=O) groups excluding carboxylic acids is 3. The molecule has 132 valence electrons. The minimum Gasteiger partial charge on any atom is -0.490 e. The number of rotatable bonds is 3. The van der Waals surface area contributed by atoms with Gasteiger partial charge in [0.2, 0.25) is 11.8 Å². The highest BCUT2D eigenvalue weighted by molar-refractivity contribution is 6.05.